The van der Waals surface area contributed by atoms with Gasteiger partial charge in [-0.25, -0.2) is 9.55 Å². The number of H-pyrrole nitrogens is 1. The smallest absolute Gasteiger partial charge is 0.256 e. The van der Waals surface area contributed by atoms with Crippen molar-refractivity contribution in [2.75, 3.05) is 0 Å². The lowest BCUT2D eigenvalue weighted by Gasteiger charge is -2.00. The zero-order valence-corrected chi connectivity index (χ0v) is 9.42. The number of hydrogen-bond acceptors (Lipinski definition) is 0. The first kappa shape index (κ1) is 10.9. The second-order valence-corrected chi connectivity index (χ2v) is 2.77. The summed E-state index contributed by atoms with van der Waals surface area (Å²) in [7, 11) is 2.07. The minimum absolute atomic E-state index is 0. The number of imidazole rings is 1. The molecule has 1 atom stereocenters. The molecule has 64 valence electrons. The summed E-state index contributed by atoms with van der Waals surface area (Å²) in [4.78, 5) is 3.22. The lowest BCUT2D eigenvalue weighted by atomic mass is 10.1. The van der Waals surface area contributed by atoms with Gasteiger partial charge in [-0.1, -0.05) is 13.8 Å². The van der Waals surface area contributed by atoms with Crippen LogP contribution in [-0.4, -0.2) is 4.98 Å². The van der Waals surface area contributed by atoms with E-state index in [2.05, 4.69) is 30.4 Å². The predicted octanol–water partition coefficient (Wildman–Crippen LogP) is -1.64. The molecule has 0 aliphatic carbocycles. The van der Waals surface area contributed by atoms with E-state index in [-0.39, 0.29) is 24.0 Å². The summed E-state index contributed by atoms with van der Waals surface area (Å²) in [6, 6.07) is 0. The molecule has 0 radical (unpaired) electrons. The van der Waals surface area contributed by atoms with Crippen LogP contribution in [0.5, 0.6) is 0 Å². The topological polar surface area (TPSA) is 19.7 Å². The molecule has 0 bridgehead atoms. The zero-order chi connectivity index (χ0) is 7.56. The van der Waals surface area contributed by atoms with Gasteiger partial charge in [0.1, 0.15) is 12.4 Å². The normalized spacial score (nSPS) is 12.3. The van der Waals surface area contributed by atoms with Crippen LogP contribution in [0, 0.1) is 0 Å². The number of aryl methyl sites for hydroxylation is 1. The summed E-state index contributed by atoms with van der Waals surface area (Å²) in [6.45, 7) is 4.43. The molecular weight excluding hydrogens is 251 g/mol. The van der Waals surface area contributed by atoms with E-state index < -0.39 is 0 Å². The molecule has 0 saturated heterocycles. The van der Waals surface area contributed by atoms with E-state index in [1.165, 1.54) is 12.2 Å². The number of nitrogens with one attached hydrogen (secondary N) is 1. The van der Waals surface area contributed by atoms with Gasteiger partial charge in [0.15, 0.2) is 0 Å². The SMILES string of the molecule is CCC(C)c1[nH]cc[n+]1C.[I-]. The second kappa shape index (κ2) is 4.74. The fourth-order valence-corrected chi connectivity index (χ4v) is 1.10. The second-order valence-electron chi connectivity index (χ2n) is 2.77. The quantitative estimate of drug-likeness (QED) is 0.489. The Morgan fingerprint density at radius 3 is 2.64 bits per heavy atom. The van der Waals surface area contributed by atoms with Crippen LogP contribution in [0.1, 0.15) is 32.0 Å². The number of hydrogen-bond donors (Lipinski definition) is 1. The van der Waals surface area contributed by atoms with E-state index in [4.69, 9.17) is 0 Å². The standard InChI is InChI=1S/C8H14N2.HI/c1-4-7(2)8-9-5-6-10(8)3;/h5-7H,4H2,1-3H3;1H. The number of halogens is 1. The maximum atomic E-state index is 3.22. The largest absolute Gasteiger partial charge is 1.00 e. The molecule has 0 amide bonds. The van der Waals surface area contributed by atoms with Gasteiger partial charge in [-0.3, -0.25) is 0 Å². The Bertz CT molecular complexity index is 208. The summed E-state index contributed by atoms with van der Waals surface area (Å²) in [5.41, 5.74) is 0. The fourth-order valence-electron chi connectivity index (χ4n) is 1.10. The van der Waals surface area contributed by atoms with Crippen LogP contribution < -0.4 is 28.5 Å². The monoisotopic (exact) mass is 266 g/mol. The number of rotatable bonds is 2. The Balaban J connectivity index is 0.000001000. The van der Waals surface area contributed by atoms with Crippen LogP contribution in [0.4, 0.5) is 0 Å². The summed E-state index contributed by atoms with van der Waals surface area (Å²) >= 11 is 0. The Labute approximate surface area is 85.0 Å². The molecule has 0 spiro atoms. The van der Waals surface area contributed by atoms with Crippen LogP contribution in [-0.2, 0) is 7.05 Å². The van der Waals surface area contributed by atoms with Crippen molar-refractivity contribution in [2.24, 2.45) is 7.05 Å². The first-order valence-electron chi connectivity index (χ1n) is 3.78. The Kier molecular flexibility index (Phi) is 4.72. The van der Waals surface area contributed by atoms with Crippen molar-refractivity contribution in [1.82, 2.24) is 4.98 Å². The molecule has 1 heterocycles. The first-order valence-corrected chi connectivity index (χ1v) is 3.78. The van der Waals surface area contributed by atoms with E-state index in [0.29, 0.717) is 5.92 Å². The third kappa shape index (κ3) is 2.47. The number of nitrogens with zero attached hydrogens (tertiary/aromatic N) is 1. The highest BCUT2D eigenvalue weighted by Gasteiger charge is 2.13. The average molecular weight is 266 g/mol. The highest BCUT2D eigenvalue weighted by Crippen LogP contribution is 2.10. The molecule has 0 aliphatic heterocycles. The minimum Gasteiger partial charge on any atom is -1.00 e. The van der Waals surface area contributed by atoms with E-state index in [1.54, 1.807) is 0 Å². The molecule has 1 N–H and O–H groups in total. The van der Waals surface area contributed by atoms with Gasteiger partial charge in [-0.15, -0.1) is 0 Å². The summed E-state index contributed by atoms with van der Waals surface area (Å²) in [5.74, 6) is 1.95. The fraction of sp³-hybridized carbons (Fsp3) is 0.625. The third-order valence-electron chi connectivity index (χ3n) is 1.99. The van der Waals surface area contributed by atoms with Gasteiger partial charge >= 0.3 is 0 Å². The third-order valence-corrected chi connectivity index (χ3v) is 1.99. The van der Waals surface area contributed by atoms with Crippen molar-refractivity contribution < 1.29 is 28.5 Å². The molecule has 1 rings (SSSR count). The maximum Gasteiger partial charge on any atom is 0.256 e. The first-order chi connectivity index (χ1) is 4.75. The summed E-state index contributed by atoms with van der Waals surface area (Å²) < 4.78 is 2.13. The molecule has 0 saturated carbocycles. The lowest BCUT2D eigenvalue weighted by molar-refractivity contribution is -0.679. The van der Waals surface area contributed by atoms with Crippen molar-refractivity contribution in [3.63, 3.8) is 0 Å². The van der Waals surface area contributed by atoms with Crippen LogP contribution >= 0.6 is 0 Å². The number of aromatic amines is 1. The molecule has 2 nitrogen and oxygen atoms in total. The zero-order valence-electron chi connectivity index (χ0n) is 7.26. The molecule has 1 aromatic heterocycles. The molecule has 11 heavy (non-hydrogen) atoms. The van der Waals surface area contributed by atoms with E-state index in [1.807, 2.05) is 12.4 Å². The van der Waals surface area contributed by atoms with Gasteiger partial charge in [0, 0.05) is 0 Å². The van der Waals surface area contributed by atoms with Gasteiger partial charge in [0.2, 0.25) is 0 Å². The molecule has 1 unspecified atom stereocenters. The van der Waals surface area contributed by atoms with Gasteiger partial charge in [-0.2, -0.15) is 0 Å². The van der Waals surface area contributed by atoms with Crippen molar-refractivity contribution in [3.8, 4) is 0 Å². The molecule has 1 aromatic rings. The van der Waals surface area contributed by atoms with Gasteiger partial charge in [0.25, 0.3) is 5.82 Å². The van der Waals surface area contributed by atoms with Gasteiger partial charge in [0.05, 0.1) is 13.0 Å². The van der Waals surface area contributed by atoms with Crippen LogP contribution in [0.2, 0.25) is 0 Å². The lowest BCUT2D eigenvalue weighted by Crippen LogP contribution is -3.00. The van der Waals surface area contributed by atoms with Crippen LogP contribution in [0.25, 0.3) is 0 Å². The highest BCUT2D eigenvalue weighted by atomic mass is 127. The van der Waals surface area contributed by atoms with Crippen molar-refractivity contribution in [1.29, 1.82) is 0 Å². The molecule has 0 aliphatic rings. The Hall–Kier alpha value is -0.0600. The molecule has 0 fully saturated rings. The van der Waals surface area contributed by atoms with Crippen LogP contribution in [0.15, 0.2) is 12.4 Å². The van der Waals surface area contributed by atoms with E-state index >= 15 is 0 Å². The molecular formula is C8H15IN2. The molecule has 0 aromatic carbocycles. The van der Waals surface area contributed by atoms with E-state index in [9.17, 15) is 0 Å². The summed E-state index contributed by atoms with van der Waals surface area (Å²) in [6.07, 6.45) is 5.21. The maximum absolute atomic E-state index is 3.22. The van der Waals surface area contributed by atoms with Crippen LogP contribution in [0.3, 0.4) is 0 Å². The van der Waals surface area contributed by atoms with Gasteiger partial charge < -0.3 is 24.0 Å². The highest BCUT2D eigenvalue weighted by molar-refractivity contribution is 4.85. The van der Waals surface area contributed by atoms with Crippen molar-refractivity contribution in [3.05, 3.63) is 18.2 Å². The van der Waals surface area contributed by atoms with E-state index in [0.717, 1.165) is 0 Å². The Morgan fingerprint density at radius 1 is 1.64 bits per heavy atom. The van der Waals surface area contributed by atoms with Crippen molar-refractivity contribution >= 4 is 0 Å². The Morgan fingerprint density at radius 2 is 2.27 bits per heavy atom. The average Bonchev–Trinajstić information content (AvgIpc) is 2.34. The minimum atomic E-state index is 0. The molecule has 3 heteroatoms. The predicted molar refractivity (Wildman–Crippen MR) is 40.7 cm³/mol. The van der Waals surface area contributed by atoms with Crippen molar-refractivity contribution in [2.45, 2.75) is 26.2 Å². The van der Waals surface area contributed by atoms with Gasteiger partial charge in [-0.05, 0) is 6.42 Å². The number of aromatic nitrogens is 2. The summed E-state index contributed by atoms with van der Waals surface area (Å²) in [5, 5.41) is 0.